The van der Waals surface area contributed by atoms with Gasteiger partial charge in [-0.15, -0.1) is 0 Å². The minimum absolute atomic E-state index is 0.151. The summed E-state index contributed by atoms with van der Waals surface area (Å²) < 4.78 is 29.4. The molecule has 0 saturated carbocycles. The first-order chi connectivity index (χ1) is 8.18. The van der Waals surface area contributed by atoms with Crippen LogP contribution < -0.4 is 5.73 Å². The van der Waals surface area contributed by atoms with Gasteiger partial charge in [0.2, 0.25) is 0 Å². The molecular formula is C9H12ClNO5S2. The third-order valence-electron chi connectivity index (χ3n) is 1.63. The van der Waals surface area contributed by atoms with Gasteiger partial charge in [-0.1, -0.05) is 11.6 Å². The number of nitrogens with two attached hydrogens (primary N) is 1. The Morgan fingerprint density at radius 2 is 1.83 bits per heavy atom. The number of rotatable bonds is 3. The van der Waals surface area contributed by atoms with Crippen molar-refractivity contribution in [3.05, 3.63) is 29.3 Å². The van der Waals surface area contributed by atoms with E-state index in [9.17, 15) is 13.2 Å². The fraction of sp³-hybridized carbons (Fsp3) is 0.222. The fourth-order valence-electron chi connectivity index (χ4n) is 0.685. The van der Waals surface area contributed by atoms with E-state index in [2.05, 4.69) is 12.6 Å². The number of aliphatic carboxylic acids is 1. The summed E-state index contributed by atoms with van der Waals surface area (Å²) in [6, 6.07) is 4.44. The Hall–Kier alpha value is -0.800. The summed E-state index contributed by atoms with van der Waals surface area (Å²) in [5, 5.41) is 8.44. The lowest BCUT2D eigenvalue weighted by atomic mass is 10.4. The second-order valence-electron chi connectivity index (χ2n) is 3.06. The van der Waals surface area contributed by atoms with E-state index in [-0.39, 0.29) is 10.6 Å². The molecule has 9 heteroatoms. The highest BCUT2D eigenvalue weighted by Crippen LogP contribution is 2.12. The average molecular weight is 314 g/mol. The Bertz CT molecular complexity index is 488. The van der Waals surface area contributed by atoms with Crippen LogP contribution in [0.15, 0.2) is 29.2 Å². The van der Waals surface area contributed by atoms with Gasteiger partial charge in [0.1, 0.15) is 6.04 Å². The maximum atomic E-state index is 10.5. The van der Waals surface area contributed by atoms with E-state index in [1.807, 2.05) is 0 Å². The van der Waals surface area contributed by atoms with E-state index in [1.165, 1.54) is 24.3 Å². The standard InChI is InChI=1S/C6H5ClO3S.C3H7NO2S/c7-5-1-3-6(4-2-5)11(8,9)10;4-2(1-7)3(5)6/h1-4H,(H,8,9,10);2,7H,1,4H2,(H,5,6). The predicted octanol–water partition coefficient (Wildman–Crippen LogP) is 0.915. The number of thiol groups is 1. The SMILES string of the molecule is NC(CS)C(=O)O.O=S(=O)(O)c1ccc(Cl)cc1. The molecule has 0 aliphatic carbocycles. The summed E-state index contributed by atoms with van der Waals surface area (Å²) in [4.78, 5) is 9.61. The van der Waals surface area contributed by atoms with E-state index in [1.54, 1.807) is 0 Å². The molecule has 0 aliphatic heterocycles. The van der Waals surface area contributed by atoms with E-state index in [4.69, 9.17) is 27.0 Å². The van der Waals surface area contributed by atoms with Crippen LogP contribution in [0, 0.1) is 0 Å². The lowest BCUT2D eigenvalue weighted by molar-refractivity contribution is -0.137. The van der Waals surface area contributed by atoms with Gasteiger partial charge in [0, 0.05) is 10.8 Å². The number of halogens is 1. The van der Waals surface area contributed by atoms with Crippen molar-refractivity contribution in [2.75, 3.05) is 5.75 Å². The summed E-state index contributed by atoms with van der Waals surface area (Å²) in [5.41, 5.74) is 4.94. The average Bonchev–Trinajstić information content (AvgIpc) is 2.28. The van der Waals surface area contributed by atoms with Crippen LogP contribution >= 0.6 is 24.2 Å². The third kappa shape index (κ3) is 6.82. The lowest BCUT2D eigenvalue weighted by Crippen LogP contribution is -2.31. The van der Waals surface area contributed by atoms with Gasteiger partial charge < -0.3 is 10.8 Å². The normalized spacial score (nSPS) is 12.2. The lowest BCUT2D eigenvalue weighted by Gasteiger charge is -1.96. The van der Waals surface area contributed by atoms with Crippen molar-refractivity contribution < 1.29 is 22.9 Å². The molecule has 0 aliphatic rings. The quantitative estimate of drug-likeness (QED) is 0.487. The zero-order chi connectivity index (χ0) is 14.3. The minimum Gasteiger partial charge on any atom is -0.480 e. The van der Waals surface area contributed by atoms with Gasteiger partial charge in [-0.05, 0) is 24.3 Å². The third-order valence-corrected chi connectivity index (χ3v) is 3.14. The number of hydrogen-bond acceptors (Lipinski definition) is 5. The van der Waals surface area contributed by atoms with Crippen molar-refractivity contribution in [2.24, 2.45) is 5.73 Å². The molecule has 0 aromatic heterocycles. The van der Waals surface area contributed by atoms with E-state index in [0.29, 0.717) is 5.02 Å². The molecule has 0 spiro atoms. The molecule has 0 radical (unpaired) electrons. The van der Waals surface area contributed by atoms with Crippen LogP contribution in [0.2, 0.25) is 5.02 Å². The number of carboxylic acids is 1. The maximum absolute atomic E-state index is 10.5. The largest absolute Gasteiger partial charge is 0.480 e. The predicted molar refractivity (Wildman–Crippen MR) is 70.7 cm³/mol. The van der Waals surface area contributed by atoms with Gasteiger partial charge in [0.05, 0.1) is 4.90 Å². The minimum atomic E-state index is -4.08. The van der Waals surface area contributed by atoms with Crippen LogP contribution in [-0.4, -0.2) is 35.8 Å². The first-order valence-corrected chi connectivity index (χ1v) is 6.96. The first-order valence-electron chi connectivity index (χ1n) is 4.50. The van der Waals surface area contributed by atoms with Gasteiger partial charge >= 0.3 is 5.97 Å². The highest BCUT2D eigenvalue weighted by molar-refractivity contribution is 7.85. The van der Waals surface area contributed by atoms with E-state index in [0.717, 1.165) is 0 Å². The van der Waals surface area contributed by atoms with Crippen LogP contribution in [0.5, 0.6) is 0 Å². The first kappa shape index (κ1) is 17.2. The van der Waals surface area contributed by atoms with Crippen molar-refractivity contribution in [3.63, 3.8) is 0 Å². The molecular weight excluding hydrogens is 302 g/mol. The Labute approximate surface area is 115 Å². The van der Waals surface area contributed by atoms with Crippen LogP contribution in [-0.2, 0) is 14.9 Å². The van der Waals surface area contributed by atoms with Gasteiger partial charge in [-0.3, -0.25) is 9.35 Å². The van der Waals surface area contributed by atoms with Crippen molar-refractivity contribution in [1.29, 1.82) is 0 Å². The van der Waals surface area contributed by atoms with Gasteiger partial charge in [-0.2, -0.15) is 21.0 Å². The number of carbonyl (C=O) groups is 1. The van der Waals surface area contributed by atoms with Crippen LogP contribution in [0.4, 0.5) is 0 Å². The summed E-state index contributed by atoms with van der Waals surface area (Å²) in [5.74, 6) is -0.815. The summed E-state index contributed by atoms with van der Waals surface area (Å²) >= 11 is 9.13. The molecule has 1 atom stereocenters. The summed E-state index contributed by atoms with van der Waals surface area (Å²) in [6.45, 7) is 0. The van der Waals surface area contributed by atoms with Crippen LogP contribution in [0.25, 0.3) is 0 Å². The summed E-state index contributed by atoms with van der Waals surface area (Å²) in [6.07, 6.45) is 0. The van der Waals surface area contributed by atoms with Crippen molar-refractivity contribution in [1.82, 2.24) is 0 Å². The van der Waals surface area contributed by atoms with Crippen molar-refractivity contribution in [3.8, 4) is 0 Å². The van der Waals surface area contributed by atoms with E-state index >= 15 is 0 Å². The van der Waals surface area contributed by atoms with Gasteiger partial charge in [0.25, 0.3) is 10.1 Å². The maximum Gasteiger partial charge on any atom is 0.321 e. The zero-order valence-electron chi connectivity index (χ0n) is 9.02. The van der Waals surface area contributed by atoms with E-state index < -0.39 is 22.1 Å². The molecule has 0 fully saturated rings. The topological polar surface area (TPSA) is 118 Å². The molecule has 0 heterocycles. The summed E-state index contributed by atoms with van der Waals surface area (Å²) in [7, 11) is -4.08. The van der Waals surface area contributed by atoms with Crippen LogP contribution in [0.1, 0.15) is 0 Å². The molecule has 1 rings (SSSR count). The van der Waals surface area contributed by atoms with Crippen molar-refractivity contribution in [2.45, 2.75) is 10.9 Å². The molecule has 6 nitrogen and oxygen atoms in total. The highest BCUT2D eigenvalue weighted by Gasteiger charge is 2.07. The second-order valence-corrected chi connectivity index (χ2v) is 5.28. The van der Waals surface area contributed by atoms with Gasteiger partial charge in [-0.25, -0.2) is 0 Å². The molecule has 1 unspecified atom stereocenters. The number of hydrogen-bond donors (Lipinski definition) is 4. The number of benzene rings is 1. The fourth-order valence-corrected chi connectivity index (χ4v) is 1.45. The molecule has 0 amide bonds. The Balaban J connectivity index is 0.000000360. The molecule has 4 N–H and O–H groups in total. The molecule has 0 saturated heterocycles. The van der Waals surface area contributed by atoms with Crippen LogP contribution in [0.3, 0.4) is 0 Å². The molecule has 1 aromatic carbocycles. The monoisotopic (exact) mass is 313 g/mol. The molecule has 1 aromatic rings. The Morgan fingerprint density at radius 1 is 1.39 bits per heavy atom. The second kappa shape index (κ2) is 7.59. The van der Waals surface area contributed by atoms with Gasteiger partial charge in [0.15, 0.2) is 0 Å². The van der Waals surface area contributed by atoms with Crippen molar-refractivity contribution >= 4 is 40.3 Å². The Morgan fingerprint density at radius 3 is 2.06 bits per heavy atom. The molecule has 18 heavy (non-hydrogen) atoms. The molecule has 102 valence electrons. The molecule has 0 bridgehead atoms. The zero-order valence-corrected chi connectivity index (χ0v) is 11.5. The number of carboxylic acid groups (broad SMARTS) is 1. The highest BCUT2D eigenvalue weighted by atomic mass is 35.5. The smallest absolute Gasteiger partial charge is 0.321 e. The Kier molecular flexibility index (Phi) is 7.26.